The van der Waals surface area contributed by atoms with E-state index in [2.05, 4.69) is 20.8 Å². The fourth-order valence-corrected chi connectivity index (χ4v) is 2.09. The van der Waals surface area contributed by atoms with Crippen molar-refractivity contribution in [2.24, 2.45) is 10.8 Å². The molecule has 0 N–H and O–H groups in total. The maximum absolute atomic E-state index is 12.1. The molecule has 0 bridgehead atoms. The molecule has 0 saturated heterocycles. The maximum Gasteiger partial charge on any atom is 0.311 e. The Labute approximate surface area is 158 Å². The fraction of sp³-hybridized carbons (Fsp3) is 0.636. The van der Waals surface area contributed by atoms with Gasteiger partial charge in [-0.1, -0.05) is 39.0 Å². The van der Waals surface area contributed by atoms with E-state index in [1.54, 1.807) is 0 Å². The average Bonchev–Trinajstić information content (AvgIpc) is 2.47. The molecule has 0 aliphatic heterocycles. The van der Waals surface area contributed by atoms with Crippen LogP contribution in [0, 0.1) is 10.8 Å². The number of ether oxygens (including phenoxy) is 2. The summed E-state index contributed by atoms with van der Waals surface area (Å²) in [7, 11) is 0. The van der Waals surface area contributed by atoms with Gasteiger partial charge in [0.15, 0.2) is 0 Å². The smallest absolute Gasteiger partial charge is 0.311 e. The molecule has 0 unspecified atom stereocenters. The van der Waals surface area contributed by atoms with Crippen LogP contribution in [0.1, 0.15) is 79.0 Å². The molecule has 1 aromatic carbocycles. The zero-order chi connectivity index (χ0) is 20.3. The van der Waals surface area contributed by atoms with E-state index < -0.39 is 10.8 Å². The van der Waals surface area contributed by atoms with Crippen molar-refractivity contribution < 1.29 is 19.1 Å². The number of hydrogen-bond donors (Lipinski definition) is 0. The van der Waals surface area contributed by atoms with Crippen LogP contribution in [0.2, 0.25) is 0 Å². The van der Waals surface area contributed by atoms with Crippen molar-refractivity contribution >= 4 is 11.9 Å². The molecule has 4 nitrogen and oxygen atoms in total. The summed E-state index contributed by atoms with van der Waals surface area (Å²) in [5, 5.41) is 0. The number of hydrogen-bond acceptors (Lipinski definition) is 4. The number of benzene rings is 1. The van der Waals surface area contributed by atoms with Crippen molar-refractivity contribution in [2.75, 3.05) is 0 Å². The van der Waals surface area contributed by atoms with Crippen LogP contribution in [0.15, 0.2) is 18.2 Å². The van der Waals surface area contributed by atoms with Gasteiger partial charge in [0.25, 0.3) is 0 Å². The second-order valence-corrected chi connectivity index (χ2v) is 9.89. The van der Waals surface area contributed by atoms with Crippen LogP contribution in [0.25, 0.3) is 0 Å². The monoisotopic (exact) mass is 362 g/mol. The molecule has 0 aliphatic carbocycles. The molecule has 0 aromatic heterocycles. The number of rotatable bonds is 4. The first-order chi connectivity index (χ1) is 11.6. The predicted octanol–water partition coefficient (Wildman–Crippen LogP) is 5.16. The molecule has 0 spiro atoms. The summed E-state index contributed by atoms with van der Waals surface area (Å²) >= 11 is 0. The lowest BCUT2D eigenvalue weighted by Gasteiger charge is -2.23. The third-order valence-electron chi connectivity index (χ3n) is 4.01. The van der Waals surface area contributed by atoms with Gasteiger partial charge in [-0.2, -0.15) is 0 Å². The van der Waals surface area contributed by atoms with E-state index >= 15 is 0 Å². The Hall–Kier alpha value is -1.84. The Morgan fingerprint density at radius 1 is 0.731 bits per heavy atom. The maximum atomic E-state index is 12.1. The zero-order valence-electron chi connectivity index (χ0n) is 17.8. The van der Waals surface area contributed by atoms with Gasteiger partial charge in [0.2, 0.25) is 0 Å². The van der Waals surface area contributed by atoms with Crippen molar-refractivity contribution in [1.29, 1.82) is 0 Å². The first-order valence-corrected chi connectivity index (χ1v) is 9.09. The van der Waals surface area contributed by atoms with E-state index in [4.69, 9.17) is 9.47 Å². The second kappa shape index (κ2) is 7.81. The molecule has 0 atom stereocenters. The van der Waals surface area contributed by atoms with Crippen LogP contribution >= 0.6 is 0 Å². The van der Waals surface area contributed by atoms with Gasteiger partial charge in [-0.3, -0.25) is 9.59 Å². The zero-order valence-corrected chi connectivity index (χ0v) is 17.8. The summed E-state index contributed by atoms with van der Waals surface area (Å²) in [6, 6.07) is 6.03. The van der Waals surface area contributed by atoms with Crippen molar-refractivity contribution in [2.45, 2.75) is 80.9 Å². The van der Waals surface area contributed by atoms with E-state index in [0.29, 0.717) is 0 Å². The summed E-state index contributed by atoms with van der Waals surface area (Å²) in [6.45, 7) is 17.7. The molecule has 0 fully saturated rings. The lowest BCUT2D eigenvalue weighted by molar-refractivity contribution is -0.155. The van der Waals surface area contributed by atoms with Crippen LogP contribution in [0.5, 0.6) is 0 Å². The molecular formula is C22H34O4. The Morgan fingerprint density at radius 2 is 1.15 bits per heavy atom. The van der Waals surface area contributed by atoms with Gasteiger partial charge in [-0.15, -0.1) is 0 Å². The van der Waals surface area contributed by atoms with Gasteiger partial charge in [0.1, 0.15) is 13.2 Å². The van der Waals surface area contributed by atoms with Crippen LogP contribution in [0.3, 0.4) is 0 Å². The van der Waals surface area contributed by atoms with Crippen LogP contribution in [-0.4, -0.2) is 11.9 Å². The summed E-state index contributed by atoms with van der Waals surface area (Å²) in [4.78, 5) is 24.2. The lowest BCUT2D eigenvalue weighted by atomic mass is 9.85. The summed E-state index contributed by atoms with van der Waals surface area (Å²) in [5.41, 5.74) is 1.74. The Morgan fingerprint density at radius 3 is 1.54 bits per heavy atom. The van der Waals surface area contributed by atoms with Crippen LogP contribution in [-0.2, 0) is 37.7 Å². The topological polar surface area (TPSA) is 52.6 Å². The van der Waals surface area contributed by atoms with Gasteiger partial charge in [0.05, 0.1) is 10.8 Å². The number of carbonyl (C=O) groups excluding carboxylic acids is 2. The summed E-state index contributed by atoms with van der Waals surface area (Å²) in [6.07, 6.45) is 0. The molecule has 1 aromatic rings. The van der Waals surface area contributed by atoms with Crippen molar-refractivity contribution in [3.63, 3.8) is 0 Å². The molecular weight excluding hydrogens is 328 g/mol. The minimum atomic E-state index is -0.555. The van der Waals surface area contributed by atoms with Crippen LogP contribution < -0.4 is 0 Å². The normalized spacial score (nSPS) is 12.7. The molecule has 0 amide bonds. The van der Waals surface area contributed by atoms with Gasteiger partial charge in [-0.25, -0.2) is 0 Å². The highest BCUT2D eigenvalue weighted by molar-refractivity contribution is 5.76. The largest absolute Gasteiger partial charge is 0.460 e. The molecule has 0 heterocycles. The molecule has 0 saturated carbocycles. The molecule has 26 heavy (non-hydrogen) atoms. The molecule has 0 aliphatic rings. The predicted molar refractivity (Wildman–Crippen MR) is 104 cm³/mol. The fourth-order valence-electron chi connectivity index (χ4n) is 2.09. The second-order valence-electron chi connectivity index (χ2n) is 9.89. The lowest BCUT2D eigenvalue weighted by Crippen LogP contribution is -2.24. The highest BCUT2D eigenvalue weighted by Gasteiger charge is 2.25. The van der Waals surface area contributed by atoms with E-state index in [1.165, 1.54) is 0 Å². The highest BCUT2D eigenvalue weighted by Crippen LogP contribution is 2.27. The molecule has 1 rings (SSSR count). The first-order valence-electron chi connectivity index (χ1n) is 9.09. The Balaban J connectivity index is 3.05. The summed E-state index contributed by atoms with van der Waals surface area (Å²) in [5.74, 6) is -0.508. The van der Waals surface area contributed by atoms with E-state index in [9.17, 15) is 9.59 Å². The molecule has 0 radical (unpaired) electrons. The average molecular weight is 363 g/mol. The Kier molecular flexibility index (Phi) is 6.67. The van der Waals surface area contributed by atoms with E-state index in [-0.39, 0.29) is 30.6 Å². The van der Waals surface area contributed by atoms with Crippen molar-refractivity contribution in [3.8, 4) is 0 Å². The van der Waals surface area contributed by atoms with Crippen molar-refractivity contribution in [1.82, 2.24) is 0 Å². The van der Waals surface area contributed by atoms with Gasteiger partial charge >= 0.3 is 11.9 Å². The third kappa shape index (κ3) is 6.47. The van der Waals surface area contributed by atoms with E-state index in [0.717, 1.165) is 16.7 Å². The SMILES string of the molecule is CC(C)(C)C(=O)OCc1ccc(C(C)(C)C)cc1COC(=O)C(C)(C)C. The first kappa shape index (κ1) is 22.2. The standard InChI is InChI=1S/C22H34O4/c1-20(2,3)17-11-10-15(13-25-18(23)21(4,5)6)16(12-17)14-26-19(24)22(7,8)9/h10-12H,13-14H2,1-9H3. The number of esters is 2. The minimum absolute atomic E-state index is 0.0244. The molecule has 4 heteroatoms. The number of carbonyl (C=O) groups is 2. The van der Waals surface area contributed by atoms with Crippen molar-refractivity contribution in [3.05, 3.63) is 34.9 Å². The third-order valence-corrected chi connectivity index (χ3v) is 4.01. The van der Waals surface area contributed by atoms with Gasteiger partial charge in [-0.05, 0) is 63.6 Å². The van der Waals surface area contributed by atoms with E-state index in [1.807, 2.05) is 59.7 Å². The summed E-state index contributed by atoms with van der Waals surface area (Å²) < 4.78 is 10.9. The van der Waals surface area contributed by atoms with Gasteiger partial charge in [0, 0.05) is 0 Å². The van der Waals surface area contributed by atoms with Crippen LogP contribution in [0.4, 0.5) is 0 Å². The van der Waals surface area contributed by atoms with Gasteiger partial charge < -0.3 is 9.47 Å². The highest BCUT2D eigenvalue weighted by atomic mass is 16.5. The minimum Gasteiger partial charge on any atom is -0.460 e. The Bertz CT molecular complexity index is 652. The molecule has 146 valence electrons. The quantitative estimate of drug-likeness (QED) is 0.694.